The van der Waals surface area contributed by atoms with E-state index in [1.807, 2.05) is 13.8 Å². The van der Waals surface area contributed by atoms with Crippen molar-refractivity contribution in [3.8, 4) is 5.88 Å². The van der Waals surface area contributed by atoms with Gasteiger partial charge in [0.25, 0.3) is 5.88 Å². The van der Waals surface area contributed by atoms with Gasteiger partial charge in [0.1, 0.15) is 6.61 Å². The van der Waals surface area contributed by atoms with E-state index in [9.17, 15) is 4.79 Å². The molecule has 1 aromatic heterocycles. The lowest BCUT2D eigenvalue weighted by Gasteiger charge is -2.32. The second-order valence-electron chi connectivity index (χ2n) is 5.75. The molecule has 0 amide bonds. The Morgan fingerprint density at radius 3 is 2.74 bits per heavy atom. The van der Waals surface area contributed by atoms with Crippen LogP contribution in [0.1, 0.15) is 52.0 Å². The van der Waals surface area contributed by atoms with Crippen molar-refractivity contribution in [3.63, 3.8) is 0 Å². The minimum Gasteiger partial charge on any atom is -0.472 e. The second kappa shape index (κ2) is 5.74. The fraction of sp³-hybridized carbons (Fsp3) is 0.714. The van der Waals surface area contributed by atoms with E-state index in [-0.39, 0.29) is 23.0 Å². The van der Waals surface area contributed by atoms with Gasteiger partial charge in [-0.2, -0.15) is 0 Å². The Kier molecular flexibility index (Phi) is 4.24. The summed E-state index contributed by atoms with van der Waals surface area (Å²) in [5, 5.41) is 0. The SMILES string of the molecule is CC(C)n1ccnc(OCC2(N)CCCCC2)c1=O. The summed E-state index contributed by atoms with van der Waals surface area (Å²) in [7, 11) is 0. The highest BCUT2D eigenvalue weighted by molar-refractivity contribution is 5.06. The summed E-state index contributed by atoms with van der Waals surface area (Å²) in [5.74, 6) is 0.159. The third-order valence-electron chi connectivity index (χ3n) is 3.74. The van der Waals surface area contributed by atoms with Crippen LogP contribution in [0.4, 0.5) is 0 Å². The molecule has 1 aromatic rings. The second-order valence-corrected chi connectivity index (χ2v) is 5.75. The molecule has 0 aliphatic heterocycles. The molecular weight excluding hydrogens is 242 g/mol. The molecule has 1 aliphatic carbocycles. The van der Waals surface area contributed by atoms with Crippen molar-refractivity contribution in [2.75, 3.05) is 6.61 Å². The summed E-state index contributed by atoms with van der Waals surface area (Å²) in [6, 6.07) is 0.0966. The van der Waals surface area contributed by atoms with E-state index in [1.54, 1.807) is 17.0 Å². The fourth-order valence-electron chi connectivity index (χ4n) is 2.52. The summed E-state index contributed by atoms with van der Waals surface area (Å²) < 4.78 is 7.22. The highest BCUT2D eigenvalue weighted by Gasteiger charge is 2.28. The van der Waals surface area contributed by atoms with E-state index in [2.05, 4.69) is 4.98 Å². The number of nitrogens with zero attached hydrogens (tertiary/aromatic N) is 2. The summed E-state index contributed by atoms with van der Waals surface area (Å²) in [6.45, 7) is 4.28. The number of hydrogen-bond acceptors (Lipinski definition) is 4. The molecule has 1 saturated carbocycles. The summed E-state index contributed by atoms with van der Waals surface area (Å²) in [6.07, 6.45) is 8.70. The molecule has 1 aliphatic rings. The minimum atomic E-state index is -0.301. The van der Waals surface area contributed by atoms with Gasteiger partial charge in [0.05, 0.1) is 5.54 Å². The molecule has 106 valence electrons. The first-order valence-electron chi connectivity index (χ1n) is 7.01. The first-order chi connectivity index (χ1) is 9.02. The van der Waals surface area contributed by atoms with Gasteiger partial charge in [0, 0.05) is 18.4 Å². The lowest BCUT2D eigenvalue weighted by Crippen LogP contribution is -2.47. The molecule has 0 aromatic carbocycles. The van der Waals surface area contributed by atoms with Gasteiger partial charge in [0.15, 0.2) is 0 Å². The van der Waals surface area contributed by atoms with Crippen molar-refractivity contribution < 1.29 is 4.74 Å². The monoisotopic (exact) mass is 265 g/mol. The van der Waals surface area contributed by atoms with Crippen LogP contribution in [0, 0.1) is 0 Å². The van der Waals surface area contributed by atoms with Crippen molar-refractivity contribution in [1.29, 1.82) is 0 Å². The molecule has 0 spiro atoms. The first kappa shape index (κ1) is 14.1. The number of ether oxygens (including phenoxy) is 1. The third kappa shape index (κ3) is 3.35. The average molecular weight is 265 g/mol. The van der Waals surface area contributed by atoms with Crippen molar-refractivity contribution in [1.82, 2.24) is 9.55 Å². The van der Waals surface area contributed by atoms with Gasteiger partial charge in [-0.1, -0.05) is 19.3 Å². The molecule has 2 rings (SSSR count). The van der Waals surface area contributed by atoms with Crippen LogP contribution in [0.3, 0.4) is 0 Å². The van der Waals surface area contributed by atoms with Gasteiger partial charge in [0.2, 0.25) is 0 Å². The normalized spacial score (nSPS) is 18.5. The van der Waals surface area contributed by atoms with Crippen LogP contribution in [0.5, 0.6) is 5.88 Å². The van der Waals surface area contributed by atoms with E-state index in [0.29, 0.717) is 6.61 Å². The van der Waals surface area contributed by atoms with Crippen LogP contribution in [-0.4, -0.2) is 21.7 Å². The van der Waals surface area contributed by atoms with Crippen LogP contribution < -0.4 is 16.0 Å². The van der Waals surface area contributed by atoms with Gasteiger partial charge in [-0.15, -0.1) is 0 Å². The van der Waals surface area contributed by atoms with Gasteiger partial charge >= 0.3 is 5.56 Å². The van der Waals surface area contributed by atoms with E-state index in [4.69, 9.17) is 10.5 Å². The maximum Gasteiger partial charge on any atom is 0.313 e. The van der Waals surface area contributed by atoms with Crippen molar-refractivity contribution in [2.45, 2.75) is 57.5 Å². The zero-order valence-electron chi connectivity index (χ0n) is 11.8. The predicted octanol–water partition coefficient (Wildman–Crippen LogP) is 1.86. The quantitative estimate of drug-likeness (QED) is 0.902. The number of aromatic nitrogens is 2. The molecule has 0 atom stereocenters. The molecule has 5 nitrogen and oxygen atoms in total. The Bertz CT molecular complexity index is 476. The zero-order valence-corrected chi connectivity index (χ0v) is 11.8. The highest BCUT2D eigenvalue weighted by atomic mass is 16.5. The first-order valence-corrected chi connectivity index (χ1v) is 7.01. The standard InChI is InChI=1S/C14H23N3O2/c1-11(2)17-9-8-16-12(13(17)18)19-10-14(15)6-4-3-5-7-14/h8-9,11H,3-7,10,15H2,1-2H3. The molecule has 1 fully saturated rings. The van der Waals surface area contributed by atoms with Crippen LogP contribution in [0.25, 0.3) is 0 Å². The van der Waals surface area contributed by atoms with E-state index in [0.717, 1.165) is 25.7 Å². The molecule has 2 N–H and O–H groups in total. The average Bonchev–Trinajstić information content (AvgIpc) is 2.38. The Hall–Kier alpha value is -1.36. The number of rotatable bonds is 4. The Morgan fingerprint density at radius 1 is 1.42 bits per heavy atom. The van der Waals surface area contributed by atoms with Crippen LogP contribution in [-0.2, 0) is 0 Å². The largest absolute Gasteiger partial charge is 0.472 e. The van der Waals surface area contributed by atoms with Crippen molar-refractivity contribution >= 4 is 0 Å². The smallest absolute Gasteiger partial charge is 0.313 e. The van der Waals surface area contributed by atoms with E-state index >= 15 is 0 Å². The maximum absolute atomic E-state index is 12.1. The Balaban J connectivity index is 2.07. The lowest BCUT2D eigenvalue weighted by molar-refractivity contribution is 0.166. The van der Waals surface area contributed by atoms with Crippen molar-refractivity contribution in [3.05, 3.63) is 22.7 Å². The van der Waals surface area contributed by atoms with Crippen LogP contribution in [0.15, 0.2) is 17.2 Å². The summed E-state index contributed by atoms with van der Waals surface area (Å²) >= 11 is 0. The third-order valence-corrected chi connectivity index (χ3v) is 3.74. The zero-order chi connectivity index (χ0) is 13.9. The topological polar surface area (TPSA) is 70.1 Å². The molecular formula is C14H23N3O2. The molecule has 0 unspecified atom stereocenters. The Morgan fingerprint density at radius 2 is 2.11 bits per heavy atom. The summed E-state index contributed by atoms with van der Waals surface area (Å²) in [5.41, 5.74) is 5.81. The van der Waals surface area contributed by atoms with E-state index < -0.39 is 0 Å². The maximum atomic E-state index is 12.1. The highest BCUT2D eigenvalue weighted by Crippen LogP contribution is 2.26. The lowest BCUT2D eigenvalue weighted by atomic mass is 9.83. The van der Waals surface area contributed by atoms with E-state index in [1.165, 1.54) is 6.42 Å². The number of hydrogen-bond donors (Lipinski definition) is 1. The fourth-order valence-corrected chi connectivity index (χ4v) is 2.52. The Labute approximate surface area is 113 Å². The molecule has 0 saturated heterocycles. The molecule has 0 radical (unpaired) electrons. The van der Waals surface area contributed by atoms with Crippen LogP contribution in [0.2, 0.25) is 0 Å². The van der Waals surface area contributed by atoms with Crippen LogP contribution >= 0.6 is 0 Å². The predicted molar refractivity (Wildman–Crippen MR) is 74.4 cm³/mol. The van der Waals surface area contributed by atoms with Gasteiger partial charge in [-0.05, 0) is 26.7 Å². The minimum absolute atomic E-state index is 0.0966. The molecule has 5 heteroatoms. The molecule has 0 bridgehead atoms. The van der Waals surface area contributed by atoms with Gasteiger partial charge in [-0.3, -0.25) is 4.79 Å². The van der Waals surface area contributed by atoms with Gasteiger partial charge in [-0.25, -0.2) is 4.98 Å². The number of nitrogens with two attached hydrogens (primary N) is 1. The molecule has 19 heavy (non-hydrogen) atoms. The molecule has 1 heterocycles. The summed E-state index contributed by atoms with van der Waals surface area (Å²) in [4.78, 5) is 16.1. The van der Waals surface area contributed by atoms with Gasteiger partial charge < -0.3 is 15.0 Å². The van der Waals surface area contributed by atoms with Crippen molar-refractivity contribution in [2.24, 2.45) is 5.73 Å².